The normalized spacial score (nSPS) is 13.5. The van der Waals surface area contributed by atoms with E-state index in [-0.39, 0.29) is 5.97 Å². The van der Waals surface area contributed by atoms with Gasteiger partial charge in [-0.1, -0.05) is 24.3 Å². The molecule has 1 aromatic carbocycles. The van der Waals surface area contributed by atoms with E-state index in [1.54, 1.807) is 0 Å². The largest absolute Gasteiger partial charge is 0.426 e. The molecule has 0 atom stereocenters. The van der Waals surface area contributed by atoms with Crippen molar-refractivity contribution in [2.45, 2.75) is 19.8 Å². The molecule has 0 heterocycles. The van der Waals surface area contributed by atoms with Crippen molar-refractivity contribution >= 4 is 12.0 Å². The third-order valence-corrected chi connectivity index (χ3v) is 2.27. The van der Waals surface area contributed by atoms with Gasteiger partial charge in [0.1, 0.15) is 5.75 Å². The topological polar surface area (TPSA) is 26.3 Å². The Kier molecular flexibility index (Phi) is 2.35. The van der Waals surface area contributed by atoms with Gasteiger partial charge in [-0.05, 0) is 24.5 Å². The lowest BCUT2D eigenvalue weighted by molar-refractivity contribution is -0.131. The Bertz CT molecular complexity index is 391. The number of aryl methyl sites for hydroxylation is 1. The van der Waals surface area contributed by atoms with Crippen LogP contribution < -0.4 is 4.74 Å². The Morgan fingerprint density at radius 3 is 3.07 bits per heavy atom. The van der Waals surface area contributed by atoms with E-state index in [1.165, 1.54) is 12.5 Å². The van der Waals surface area contributed by atoms with Crippen molar-refractivity contribution in [1.82, 2.24) is 0 Å². The second-order valence-corrected chi connectivity index (χ2v) is 3.36. The first-order chi connectivity index (χ1) is 6.77. The van der Waals surface area contributed by atoms with Gasteiger partial charge in [-0.15, -0.1) is 0 Å². The summed E-state index contributed by atoms with van der Waals surface area (Å²) in [6, 6.07) is 5.83. The Balaban J connectivity index is 2.42. The smallest absolute Gasteiger partial charge is 0.308 e. The van der Waals surface area contributed by atoms with Crippen LogP contribution in [0, 0.1) is 0 Å². The highest BCUT2D eigenvalue weighted by molar-refractivity contribution is 5.73. The van der Waals surface area contributed by atoms with Gasteiger partial charge in [-0.3, -0.25) is 4.79 Å². The molecule has 2 heteroatoms. The molecule has 0 N–H and O–H groups in total. The van der Waals surface area contributed by atoms with E-state index in [2.05, 4.69) is 12.1 Å². The summed E-state index contributed by atoms with van der Waals surface area (Å²) < 4.78 is 5.12. The fraction of sp³-hybridized carbons (Fsp3) is 0.250. The van der Waals surface area contributed by atoms with Gasteiger partial charge in [-0.2, -0.15) is 0 Å². The van der Waals surface area contributed by atoms with Gasteiger partial charge in [0.2, 0.25) is 0 Å². The Morgan fingerprint density at radius 1 is 1.43 bits per heavy atom. The van der Waals surface area contributed by atoms with Gasteiger partial charge in [-0.25, -0.2) is 0 Å². The quantitative estimate of drug-likeness (QED) is 0.500. The number of ether oxygens (including phenoxy) is 1. The molecule has 0 aromatic heterocycles. The van der Waals surface area contributed by atoms with Crippen molar-refractivity contribution in [2.24, 2.45) is 0 Å². The van der Waals surface area contributed by atoms with Crippen molar-refractivity contribution < 1.29 is 9.53 Å². The summed E-state index contributed by atoms with van der Waals surface area (Å²) in [7, 11) is 0. The van der Waals surface area contributed by atoms with Gasteiger partial charge >= 0.3 is 5.97 Å². The van der Waals surface area contributed by atoms with E-state index < -0.39 is 0 Å². The van der Waals surface area contributed by atoms with Crippen LogP contribution in [0.25, 0.3) is 6.08 Å². The lowest BCUT2D eigenvalue weighted by atomic mass is 9.97. The van der Waals surface area contributed by atoms with E-state index in [9.17, 15) is 4.79 Å². The summed E-state index contributed by atoms with van der Waals surface area (Å²) in [6.07, 6.45) is 6.23. The first kappa shape index (κ1) is 9.00. The first-order valence-electron chi connectivity index (χ1n) is 4.74. The average Bonchev–Trinajstić information content (AvgIpc) is 2.18. The van der Waals surface area contributed by atoms with Crippen LogP contribution in [0.5, 0.6) is 5.75 Å². The number of carbonyl (C=O) groups is 1. The first-order valence-corrected chi connectivity index (χ1v) is 4.74. The predicted molar refractivity (Wildman–Crippen MR) is 55.1 cm³/mol. The summed E-state index contributed by atoms with van der Waals surface area (Å²) in [5.41, 5.74) is 2.31. The maximum atomic E-state index is 10.9. The van der Waals surface area contributed by atoms with Crippen molar-refractivity contribution in [3.8, 4) is 5.75 Å². The third-order valence-electron chi connectivity index (χ3n) is 2.27. The molecule has 0 bridgehead atoms. The van der Waals surface area contributed by atoms with E-state index in [1.807, 2.05) is 18.2 Å². The molecule has 0 aliphatic heterocycles. The minimum atomic E-state index is -0.266. The van der Waals surface area contributed by atoms with Crippen molar-refractivity contribution in [3.05, 3.63) is 35.4 Å². The zero-order valence-corrected chi connectivity index (χ0v) is 8.12. The fourth-order valence-electron chi connectivity index (χ4n) is 1.68. The van der Waals surface area contributed by atoms with Crippen LogP contribution in [0.2, 0.25) is 0 Å². The van der Waals surface area contributed by atoms with Crippen LogP contribution in [0.15, 0.2) is 24.3 Å². The second kappa shape index (κ2) is 3.66. The highest BCUT2D eigenvalue weighted by atomic mass is 16.5. The molecule has 2 rings (SSSR count). The molecule has 0 fully saturated rings. The van der Waals surface area contributed by atoms with E-state index in [0.29, 0.717) is 5.75 Å². The summed E-state index contributed by atoms with van der Waals surface area (Å²) in [5, 5.41) is 0. The zero-order chi connectivity index (χ0) is 9.97. The minimum absolute atomic E-state index is 0.266. The molecule has 1 aliphatic rings. The second-order valence-electron chi connectivity index (χ2n) is 3.36. The monoisotopic (exact) mass is 188 g/mol. The van der Waals surface area contributed by atoms with Gasteiger partial charge in [0, 0.05) is 12.5 Å². The van der Waals surface area contributed by atoms with Crippen molar-refractivity contribution in [1.29, 1.82) is 0 Å². The lowest BCUT2D eigenvalue weighted by Gasteiger charge is -2.13. The number of hydrogen-bond acceptors (Lipinski definition) is 2. The average molecular weight is 188 g/mol. The zero-order valence-electron chi connectivity index (χ0n) is 8.12. The molecular formula is C12H12O2. The van der Waals surface area contributed by atoms with Crippen molar-refractivity contribution in [2.75, 3.05) is 0 Å². The predicted octanol–water partition coefficient (Wildman–Crippen LogP) is 2.57. The van der Waals surface area contributed by atoms with E-state index in [4.69, 9.17) is 4.74 Å². The number of hydrogen-bond donors (Lipinski definition) is 0. The number of rotatable bonds is 1. The number of benzene rings is 1. The molecule has 0 unspecified atom stereocenters. The minimum Gasteiger partial charge on any atom is -0.426 e. The molecule has 0 saturated heterocycles. The number of esters is 1. The van der Waals surface area contributed by atoms with Crippen LogP contribution in [-0.4, -0.2) is 5.97 Å². The molecule has 72 valence electrons. The molecule has 2 nitrogen and oxygen atoms in total. The maximum absolute atomic E-state index is 10.9. The Labute approximate surface area is 83.2 Å². The van der Waals surface area contributed by atoms with Gasteiger partial charge < -0.3 is 4.74 Å². The summed E-state index contributed by atoms with van der Waals surface area (Å²) in [4.78, 5) is 10.9. The molecule has 1 aliphatic carbocycles. The molecule has 1 aromatic rings. The molecule has 0 radical (unpaired) electrons. The van der Waals surface area contributed by atoms with Gasteiger partial charge in [0.25, 0.3) is 0 Å². The highest BCUT2D eigenvalue weighted by Crippen LogP contribution is 2.28. The number of allylic oxidation sites excluding steroid dienone is 1. The molecule has 0 amide bonds. The van der Waals surface area contributed by atoms with E-state index >= 15 is 0 Å². The van der Waals surface area contributed by atoms with Crippen LogP contribution in [0.4, 0.5) is 0 Å². The van der Waals surface area contributed by atoms with Crippen LogP contribution in [0.1, 0.15) is 24.5 Å². The summed E-state index contributed by atoms with van der Waals surface area (Å²) in [5.74, 6) is 0.406. The van der Waals surface area contributed by atoms with Crippen LogP contribution in [-0.2, 0) is 11.2 Å². The van der Waals surface area contributed by atoms with Gasteiger partial charge in [0.05, 0.1) is 0 Å². The number of fused-ring (bicyclic) bond motifs is 1. The third kappa shape index (κ3) is 1.69. The number of carbonyl (C=O) groups excluding carboxylic acids is 1. The van der Waals surface area contributed by atoms with Crippen molar-refractivity contribution in [3.63, 3.8) is 0 Å². The standard InChI is InChI=1S/C12H12O2/c1-9(13)14-12-8-4-6-10-5-2-3-7-11(10)12/h3-4,6-8H,2,5H2,1H3. The van der Waals surface area contributed by atoms with Gasteiger partial charge in [0.15, 0.2) is 0 Å². The molecule has 14 heavy (non-hydrogen) atoms. The molecular weight excluding hydrogens is 176 g/mol. The SMILES string of the molecule is CC(=O)Oc1cccc2c1C=CCC2. The Hall–Kier alpha value is -1.57. The molecule has 0 spiro atoms. The van der Waals surface area contributed by atoms with E-state index in [0.717, 1.165) is 18.4 Å². The Morgan fingerprint density at radius 2 is 2.29 bits per heavy atom. The summed E-state index contributed by atoms with van der Waals surface area (Å²) in [6.45, 7) is 1.42. The molecule has 0 saturated carbocycles. The maximum Gasteiger partial charge on any atom is 0.308 e. The highest BCUT2D eigenvalue weighted by Gasteiger charge is 2.10. The van der Waals surface area contributed by atoms with Crippen LogP contribution >= 0.6 is 0 Å². The van der Waals surface area contributed by atoms with Crippen LogP contribution in [0.3, 0.4) is 0 Å². The fourth-order valence-corrected chi connectivity index (χ4v) is 1.68. The summed E-state index contributed by atoms with van der Waals surface area (Å²) >= 11 is 0. The lowest BCUT2D eigenvalue weighted by Crippen LogP contribution is -2.05.